The van der Waals surface area contributed by atoms with Crippen LogP contribution in [-0.4, -0.2) is 88.2 Å². The van der Waals surface area contributed by atoms with E-state index < -0.39 is 0 Å². The number of phenols is 2. The number of methoxy groups -OCH3 is 4. The van der Waals surface area contributed by atoms with Crippen LogP contribution in [0.3, 0.4) is 0 Å². The Kier molecular flexibility index (Phi) is 8.59. The van der Waals surface area contributed by atoms with Gasteiger partial charge in [0.15, 0.2) is 46.0 Å². The third kappa shape index (κ3) is 5.67. The zero-order valence-corrected chi connectivity index (χ0v) is 27.2. The van der Waals surface area contributed by atoms with Gasteiger partial charge in [0, 0.05) is 49.4 Å². The molecule has 0 radical (unpaired) electrons. The van der Waals surface area contributed by atoms with Gasteiger partial charge in [-0.05, 0) is 47.5 Å². The van der Waals surface area contributed by atoms with Crippen LogP contribution in [0.15, 0.2) is 60.7 Å². The van der Waals surface area contributed by atoms with Crippen molar-refractivity contribution in [2.24, 2.45) is 0 Å². The molecule has 4 aromatic carbocycles. The number of aromatic hydroxyl groups is 2. The van der Waals surface area contributed by atoms with Crippen molar-refractivity contribution < 1.29 is 48.1 Å². The molecule has 48 heavy (non-hydrogen) atoms. The van der Waals surface area contributed by atoms with Crippen molar-refractivity contribution in [2.75, 3.05) is 68.2 Å². The Morgan fingerprint density at radius 1 is 0.500 bits per heavy atom. The molecular formula is C36H38N2O10. The highest BCUT2D eigenvalue weighted by atomic mass is 16.7. The molecule has 12 nitrogen and oxygen atoms in total. The number of rotatable bonds is 10. The maximum Gasteiger partial charge on any atom is 0.231 e. The molecule has 12 heteroatoms. The van der Waals surface area contributed by atoms with Gasteiger partial charge < -0.3 is 48.1 Å². The minimum atomic E-state index is -0.347. The molecule has 0 aliphatic carbocycles. The van der Waals surface area contributed by atoms with Crippen molar-refractivity contribution >= 4 is 0 Å². The standard InChI is InChI=1S/C36H38N2O10/c1-41-27-7-5-21(13-29(27)43-3)35(23-15-31-33(17-25(23)39)47-19-45-31)37-9-11-38(12-10-37)36(22-6-8-28(42-2)30(14-22)44-4)24-16-32-34(18-26(24)40)48-20-46-32/h5-8,13-18,35-36,39-40H,9-12,19-20H2,1-4H3. The molecule has 3 aliphatic rings. The van der Waals surface area contributed by atoms with Crippen LogP contribution >= 0.6 is 0 Å². The first-order chi connectivity index (χ1) is 23.4. The topological polar surface area (TPSA) is 121 Å². The summed E-state index contributed by atoms with van der Waals surface area (Å²) in [5.41, 5.74) is 3.20. The van der Waals surface area contributed by atoms with Gasteiger partial charge in [-0.2, -0.15) is 0 Å². The molecule has 252 valence electrons. The van der Waals surface area contributed by atoms with E-state index in [2.05, 4.69) is 9.80 Å². The fourth-order valence-electron chi connectivity index (χ4n) is 6.81. The van der Waals surface area contributed by atoms with Gasteiger partial charge in [-0.25, -0.2) is 0 Å². The van der Waals surface area contributed by atoms with Crippen molar-refractivity contribution in [2.45, 2.75) is 12.1 Å². The summed E-state index contributed by atoms with van der Waals surface area (Å²) in [6, 6.07) is 17.8. The van der Waals surface area contributed by atoms with E-state index >= 15 is 0 Å². The molecule has 7 rings (SSSR count). The Morgan fingerprint density at radius 3 is 1.21 bits per heavy atom. The number of nitrogens with zero attached hydrogens (tertiary/aromatic N) is 2. The zero-order valence-electron chi connectivity index (χ0n) is 27.2. The minimum absolute atomic E-state index is 0.0994. The molecule has 0 aromatic heterocycles. The van der Waals surface area contributed by atoms with Crippen LogP contribution in [0.1, 0.15) is 34.3 Å². The highest BCUT2D eigenvalue weighted by Crippen LogP contribution is 2.47. The van der Waals surface area contributed by atoms with Crippen LogP contribution < -0.4 is 37.9 Å². The second-order valence-electron chi connectivity index (χ2n) is 11.6. The second kappa shape index (κ2) is 13.1. The fraction of sp³-hybridized carbons (Fsp3) is 0.333. The third-order valence-corrected chi connectivity index (χ3v) is 9.16. The largest absolute Gasteiger partial charge is 0.507 e. The summed E-state index contributed by atoms with van der Waals surface area (Å²) in [5, 5.41) is 22.6. The summed E-state index contributed by atoms with van der Waals surface area (Å²) in [5.74, 6) is 4.79. The molecule has 2 atom stereocenters. The van der Waals surface area contributed by atoms with Crippen LogP contribution in [0, 0.1) is 0 Å². The van der Waals surface area contributed by atoms with Crippen LogP contribution in [0.25, 0.3) is 0 Å². The first-order valence-corrected chi connectivity index (χ1v) is 15.6. The maximum atomic E-state index is 11.3. The highest BCUT2D eigenvalue weighted by molar-refractivity contribution is 5.57. The van der Waals surface area contributed by atoms with E-state index in [1.165, 1.54) is 0 Å². The Hall–Kier alpha value is -5.20. The van der Waals surface area contributed by atoms with E-state index in [1.807, 2.05) is 48.5 Å². The molecule has 3 aliphatic heterocycles. The van der Waals surface area contributed by atoms with E-state index in [9.17, 15) is 10.2 Å². The number of hydrogen-bond donors (Lipinski definition) is 2. The summed E-state index contributed by atoms with van der Waals surface area (Å²) in [6.45, 7) is 2.71. The number of phenolic OH excluding ortho intramolecular Hbond substituents is 2. The molecular weight excluding hydrogens is 620 g/mol. The lowest BCUT2D eigenvalue weighted by Gasteiger charge is -2.43. The van der Waals surface area contributed by atoms with Crippen LogP contribution in [-0.2, 0) is 0 Å². The number of ether oxygens (including phenoxy) is 8. The van der Waals surface area contributed by atoms with Crippen LogP contribution in [0.4, 0.5) is 0 Å². The Balaban J connectivity index is 1.25. The Morgan fingerprint density at radius 2 is 0.854 bits per heavy atom. The highest BCUT2D eigenvalue weighted by Gasteiger charge is 2.35. The van der Waals surface area contributed by atoms with Gasteiger partial charge in [-0.3, -0.25) is 9.80 Å². The van der Waals surface area contributed by atoms with E-state index in [0.29, 0.717) is 83.3 Å². The minimum Gasteiger partial charge on any atom is -0.507 e. The summed E-state index contributed by atoms with van der Waals surface area (Å²) in [7, 11) is 6.41. The quantitative estimate of drug-likeness (QED) is 0.236. The van der Waals surface area contributed by atoms with E-state index in [4.69, 9.17) is 37.9 Å². The van der Waals surface area contributed by atoms with E-state index in [1.54, 1.807) is 40.6 Å². The predicted molar refractivity (Wildman–Crippen MR) is 174 cm³/mol. The normalized spacial score (nSPS) is 16.8. The number of fused-ring (bicyclic) bond motifs is 2. The zero-order chi connectivity index (χ0) is 33.4. The smallest absolute Gasteiger partial charge is 0.231 e. The average molecular weight is 659 g/mol. The Bertz CT molecular complexity index is 1680. The molecule has 1 saturated heterocycles. The average Bonchev–Trinajstić information content (AvgIpc) is 3.77. The first-order valence-electron chi connectivity index (χ1n) is 15.6. The molecule has 0 saturated carbocycles. The number of hydrogen-bond acceptors (Lipinski definition) is 12. The predicted octanol–water partition coefficient (Wildman–Crippen LogP) is 5.09. The van der Waals surface area contributed by atoms with E-state index in [-0.39, 0.29) is 37.2 Å². The van der Waals surface area contributed by atoms with Gasteiger partial charge >= 0.3 is 0 Å². The number of benzene rings is 4. The lowest BCUT2D eigenvalue weighted by atomic mass is 9.92. The van der Waals surface area contributed by atoms with Crippen molar-refractivity contribution in [3.05, 3.63) is 82.9 Å². The van der Waals surface area contributed by atoms with E-state index in [0.717, 1.165) is 11.1 Å². The number of piperazine rings is 1. The van der Waals surface area contributed by atoms with Gasteiger partial charge in [0.25, 0.3) is 0 Å². The van der Waals surface area contributed by atoms with Crippen LogP contribution in [0.5, 0.6) is 57.5 Å². The molecule has 4 aromatic rings. The third-order valence-electron chi connectivity index (χ3n) is 9.16. The molecule has 1 fully saturated rings. The lowest BCUT2D eigenvalue weighted by molar-refractivity contribution is 0.0881. The molecule has 0 amide bonds. The van der Waals surface area contributed by atoms with Gasteiger partial charge in [-0.15, -0.1) is 0 Å². The molecule has 3 heterocycles. The van der Waals surface area contributed by atoms with Gasteiger partial charge in [0.1, 0.15) is 11.5 Å². The Labute approximate surface area is 278 Å². The van der Waals surface area contributed by atoms with Crippen molar-refractivity contribution in [3.63, 3.8) is 0 Å². The molecule has 2 unspecified atom stereocenters. The fourth-order valence-corrected chi connectivity index (χ4v) is 6.81. The first kappa shape index (κ1) is 31.4. The van der Waals surface area contributed by atoms with Gasteiger partial charge in [0.05, 0.1) is 40.5 Å². The summed E-state index contributed by atoms with van der Waals surface area (Å²) in [4.78, 5) is 4.64. The van der Waals surface area contributed by atoms with Crippen LogP contribution in [0.2, 0.25) is 0 Å². The molecule has 0 bridgehead atoms. The van der Waals surface area contributed by atoms with Crippen molar-refractivity contribution in [1.29, 1.82) is 0 Å². The van der Waals surface area contributed by atoms with Gasteiger partial charge in [0.2, 0.25) is 13.6 Å². The summed E-state index contributed by atoms with van der Waals surface area (Å²) < 4.78 is 44.8. The van der Waals surface area contributed by atoms with Crippen molar-refractivity contribution in [1.82, 2.24) is 9.80 Å². The van der Waals surface area contributed by atoms with Gasteiger partial charge in [-0.1, -0.05) is 12.1 Å². The summed E-state index contributed by atoms with van der Waals surface area (Å²) in [6.07, 6.45) is 0. The monoisotopic (exact) mass is 658 g/mol. The lowest BCUT2D eigenvalue weighted by Crippen LogP contribution is -2.49. The summed E-state index contributed by atoms with van der Waals surface area (Å²) >= 11 is 0. The van der Waals surface area contributed by atoms with Crippen molar-refractivity contribution in [3.8, 4) is 57.5 Å². The SMILES string of the molecule is COc1ccc(C(c2cc3c(cc2O)OCO3)N2CCN(C(c3ccc(OC)c(OC)c3)c3cc4c(cc3O)OCO4)CC2)cc1OC. The molecule has 0 spiro atoms. The second-order valence-corrected chi connectivity index (χ2v) is 11.6. The maximum absolute atomic E-state index is 11.3. The molecule has 2 N–H and O–H groups in total.